The van der Waals surface area contributed by atoms with Gasteiger partial charge in [0.05, 0.1) is 0 Å². The molecular formula is C15H20N2O4. The van der Waals surface area contributed by atoms with Crippen LogP contribution in [0.15, 0.2) is 29.2 Å². The summed E-state index contributed by atoms with van der Waals surface area (Å²) in [7, 11) is 0. The first kappa shape index (κ1) is 15.3. The van der Waals surface area contributed by atoms with Crippen molar-refractivity contribution in [3.05, 3.63) is 34.7 Å². The molecule has 1 aromatic rings. The summed E-state index contributed by atoms with van der Waals surface area (Å²) >= 11 is 0. The van der Waals surface area contributed by atoms with E-state index in [0.29, 0.717) is 18.9 Å². The molecule has 6 heteroatoms. The van der Waals surface area contributed by atoms with E-state index < -0.39 is 12.0 Å². The number of carbonyl (C=O) groups is 2. The molecule has 1 saturated heterocycles. The van der Waals surface area contributed by atoms with Gasteiger partial charge in [0, 0.05) is 31.8 Å². The molecule has 2 rings (SSSR count). The highest BCUT2D eigenvalue weighted by Crippen LogP contribution is 2.23. The van der Waals surface area contributed by atoms with Gasteiger partial charge in [0.25, 0.3) is 5.56 Å². The molecule has 114 valence electrons. The number of rotatable bonds is 4. The second kappa shape index (κ2) is 6.56. The van der Waals surface area contributed by atoms with E-state index in [4.69, 9.17) is 0 Å². The van der Waals surface area contributed by atoms with Gasteiger partial charge in [-0.1, -0.05) is 13.0 Å². The van der Waals surface area contributed by atoms with E-state index in [-0.39, 0.29) is 24.4 Å². The molecule has 2 atom stereocenters. The van der Waals surface area contributed by atoms with Gasteiger partial charge < -0.3 is 14.6 Å². The number of hydrogen-bond donors (Lipinski definition) is 1. The van der Waals surface area contributed by atoms with Crippen LogP contribution in [0.1, 0.15) is 26.2 Å². The van der Waals surface area contributed by atoms with Crippen molar-refractivity contribution in [2.75, 3.05) is 6.54 Å². The summed E-state index contributed by atoms with van der Waals surface area (Å²) in [4.78, 5) is 36.6. The molecule has 1 aliphatic heterocycles. The molecule has 1 aliphatic rings. The normalized spacial score (nSPS) is 22.0. The number of amides is 1. The van der Waals surface area contributed by atoms with Crippen molar-refractivity contribution in [2.45, 2.75) is 38.8 Å². The van der Waals surface area contributed by atoms with E-state index in [9.17, 15) is 19.5 Å². The number of carboxylic acids is 1. The molecule has 0 spiro atoms. The van der Waals surface area contributed by atoms with Gasteiger partial charge in [0.1, 0.15) is 6.04 Å². The number of pyridine rings is 1. The van der Waals surface area contributed by atoms with Crippen molar-refractivity contribution < 1.29 is 14.7 Å². The number of piperidine rings is 1. The first-order chi connectivity index (χ1) is 9.99. The van der Waals surface area contributed by atoms with Gasteiger partial charge in [0.15, 0.2) is 0 Å². The number of carboxylic acid groups (broad SMARTS) is 1. The maximum absolute atomic E-state index is 12.3. The van der Waals surface area contributed by atoms with Crippen molar-refractivity contribution in [3.8, 4) is 0 Å². The minimum atomic E-state index is -0.952. The van der Waals surface area contributed by atoms with Crippen LogP contribution >= 0.6 is 0 Å². The Bertz CT molecular complexity index is 581. The number of aryl methyl sites for hydroxylation is 1. The van der Waals surface area contributed by atoms with E-state index in [1.54, 1.807) is 18.3 Å². The average Bonchev–Trinajstić information content (AvgIpc) is 2.46. The Labute approximate surface area is 123 Å². The Morgan fingerprint density at radius 1 is 1.38 bits per heavy atom. The van der Waals surface area contributed by atoms with Crippen LogP contribution in [0.3, 0.4) is 0 Å². The van der Waals surface area contributed by atoms with Crippen molar-refractivity contribution in [1.82, 2.24) is 9.47 Å². The molecule has 21 heavy (non-hydrogen) atoms. The second-order valence-electron chi connectivity index (χ2n) is 5.55. The van der Waals surface area contributed by atoms with Crippen LogP contribution in [-0.2, 0) is 16.1 Å². The molecule has 1 fully saturated rings. The highest BCUT2D eigenvalue weighted by Gasteiger charge is 2.34. The largest absolute Gasteiger partial charge is 0.480 e. The lowest BCUT2D eigenvalue weighted by molar-refractivity contribution is -0.153. The van der Waals surface area contributed by atoms with Gasteiger partial charge in [-0.05, 0) is 24.8 Å². The van der Waals surface area contributed by atoms with Gasteiger partial charge in [-0.15, -0.1) is 0 Å². The molecule has 1 aromatic heterocycles. The quantitative estimate of drug-likeness (QED) is 0.896. The summed E-state index contributed by atoms with van der Waals surface area (Å²) in [5, 5.41) is 9.26. The zero-order chi connectivity index (χ0) is 15.4. The summed E-state index contributed by atoms with van der Waals surface area (Å²) < 4.78 is 1.46. The van der Waals surface area contributed by atoms with Crippen LogP contribution in [0, 0.1) is 5.92 Å². The second-order valence-corrected chi connectivity index (χ2v) is 5.55. The Kier molecular flexibility index (Phi) is 4.77. The number of aromatic nitrogens is 1. The average molecular weight is 292 g/mol. The summed E-state index contributed by atoms with van der Waals surface area (Å²) in [6.45, 7) is 2.75. The Balaban J connectivity index is 2.00. The number of carbonyl (C=O) groups excluding carboxylic acids is 1. The maximum atomic E-state index is 12.3. The van der Waals surface area contributed by atoms with Crippen LogP contribution in [0.4, 0.5) is 0 Å². The molecular weight excluding hydrogens is 272 g/mol. The van der Waals surface area contributed by atoms with Crippen molar-refractivity contribution in [2.24, 2.45) is 5.92 Å². The van der Waals surface area contributed by atoms with Gasteiger partial charge >= 0.3 is 5.97 Å². The fraction of sp³-hybridized carbons (Fsp3) is 0.533. The highest BCUT2D eigenvalue weighted by atomic mass is 16.4. The van der Waals surface area contributed by atoms with E-state index in [1.165, 1.54) is 15.5 Å². The number of hydrogen-bond acceptors (Lipinski definition) is 3. The third-order valence-corrected chi connectivity index (χ3v) is 3.94. The minimum Gasteiger partial charge on any atom is -0.480 e. The summed E-state index contributed by atoms with van der Waals surface area (Å²) in [6.07, 6.45) is 3.08. The third-order valence-electron chi connectivity index (χ3n) is 3.94. The smallest absolute Gasteiger partial charge is 0.326 e. The minimum absolute atomic E-state index is 0.141. The van der Waals surface area contributed by atoms with Crippen molar-refractivity contribution in [3.63, 3.8) is 0 Å². The third kappa shape index (κ3) is 3.71. The Morgan fingerprint density at radius 2 is 2.14 bits per heavy atom. The molecule has 2 heterocycles. The number of nitrogens with zero attached hydrogens (tertiary/aromatic N) is 2. The van der Waals surface area contributed by atoms with Gasteiger partial charge in [0.2, 0.25) is 5.91 Å². The fourth-order valence-corrected chi connectivity index (χ4v) is 2.68. The monoisotopic (exact) mass is 292 g/mol. The zero-order valence-electron chi connectivity index (χ0n) is 12.1. The SMILES string of the molecule is CC1CCN(C(=O)CCn2ccccc2=O)C(C(=O)O)C1. The topological polar surface area (TPSA) is 79.6 Å². The summed E-state index contributed by atoms with van der Waals surface area (Å²) in [6, 6.07) is 4.07. The predicted molar refractivity (Wildman–Crippen MR) is 76.9 cm³/mol. The van der Waals surface area contributed by atoms with Gasteiger partial charge in [-0.3, -0.25) is 9.59 Å². The Morgan fingerprint density at radius 3 is 2.81 bits per heavy atom. The van der Waals surface area contributed by atoms with Crippen LogP contribution < -0.4 is 5.56 Å². The number of likely N-dealkylation sites (tertiary alicyclic amines) is 1. The summed E-state index contributed by atoms with van der Waals surface area (Å²) in [5.41, 5.74) is -0.160. The van der Waals surface area contributed by atoms with E-state index in [1.807, 2.05) is 6.92 Å². The van der Waals surface area contributed by atoms with Crippen molar-refractivity contribution >= 4 is 11.9 Å². The van der Waals surface area contributed by atoms with Gasteiger partial charge in [-0.2, -0.15) is 0 Å². The van der Waals surface area contributed by atoms with Crippen LogP contribution in [0.25, 0.3) is 0 Å². The fourth-order valence-electron chi connectivity index (χ4n) is 2.68. The maximum Gasteiger partial charge on any atom is 0.326 e. The molecule has 1 N–H and O–H groups in total. The molecule has 1 amide bonds. The molecule has 0 saturated carbocycles. The van der Waals surface area contributed by atoms with E-state index in [2.05, 4.69) is 0 Å². The van der Waals surface area contributed by atoms with Crippen LogP contribution in [-0.4, -0.2) is 39.0 Å². The zero-order valence-corrected chi connectivity index (χ0v) is 12.1. The number of aliphatic carboxylic acids is 1. The lowest BCUT2D eigenvalue weighted by atomic mass is 9.92. The van der Waals surface area contributed by atoms with E-state index >= 15 is 0 Å². The summed E-state index contributed by atoms with van der Waals surface area (Å²) in [5.74, 6) is -0.844. The van der Waals surface area contributed by atoms with Crippen LogP contribution in [0.2, 0.25) is 0 Å². The first-order valence-corrected chi connectivity index (χ1v) is 7.17. The molecule has 2 unspecified atom stereocenters. The molecule has 0 aromatic carbocycles. The van der Waals surface area contributed by atoms with Gasteiger partial charge in [-0.25, -0.2) is 4.79 Å². The first-order valence-electron chi connectivity index (χ1n) is 7.17. The molecule has 0 bridgehead atoms. The predicted octanol–water partition coefficient (Wildman–Crippen LogP) is 0.950. The lowest BCUT2D eigenvalue weighted by Crippen LogP contribution is -2.50. The lowest BCUT2D eigenvalue weighted by Gasteiger charge is -2.36. The molecule has 6 nitrogen and oxygen atoms in total. The Hall–Kier alpha value is -2.11. The van der Waals surface area contributed by atoms with Crippen LogP contribution in [0.5, 0.6) is 0 Å². The highest BCUT2D eigenvalue weighted by molar-refractivity contribution is 5.83. The standard InChI is InChI=1S/C15H20N2O4/c1-11-5-9-17(12(10-11)15(20)21)14(19)6-8-16-7-3-2-4-13(16)18/h2-4,7,11-12H,5-6,8-10H2,1H3,(H,20,21). The molecule has 0 radical (unpaired) electrons. The molecule has 0 aliphatic carbocycles. The van der Waals surface area contributed by atoms with Crippen molar-refractivity contribution in [1.29, 1.82) is 0 Å². The van der Waals surface area contributed by atoms with E-state index in [0.717, 1.165) is 6.42 Å².